The number of aromatic nitrogens is 2. The Hall–Kier alpha value is -0.470. The molecule has 0 aromatic carbocycles. The quantitative estimate of drug-likeness (QED) is 0.852. The molecule has 5 nitrogen and oxygen atoms in total. The van der Waals surface area contributed by atoms with Gasteiger partial charge in [-0.1, -0.05) is 0 Å². The van der Waals surface area contributed by atoms with E-state index in [1.54, 1.807) is 12.4 Å². The van der Waals surface area contributed by atoms with Gasteiger partial charge in [0.1, 0.15) is 6.10 Å². The minimum atomic E-state index is -0.473. The lowest BCUT2D eigenvalue weighted by molar-refractivity contribution is -0.136. The predicted octanol–water partition coefficient (Wildman–Crippen LogP) is 1.64. The Morgan fingerprint density at radius 1 is 1.50 bits per heavy atom. The maximum absolute atomic E-state index is 5.65. The molecule has 2 rings (SSSR count). The first-order valence-electron chi connectivity index (χ1n) is 5.08. The number of hydrogen-bond acceptors (Lipinski definition) is 5. The fourth-order valence-electron chi connectivity index (χ4n) is 1.47. The Balaban J connectivity index is 1.82. The Kier molecular flexibility index (Phi) is 3.60. The molecule has 1 unspecified atom stereocenters. The van der Waals surface area contributed by atoms with Crippen LogP contribution in [0.15, 0.2) is 12.4 Å². The lowest BCUT2D eigenvalue weighted by atomic mass is 10.4. The second kappa shape index (κ2) is 4.80. The zero-order chi connectivity index (χ0) is 11.6. The van der Waals surface area contributed by atoms with Crippen LogP contribution in [-0.2, 0) is 9.47 Å². The molecule has 0 radical (unpaired) electrons. The summed E-state index contributed by atoms with van der Waals surface area (Å²) in [4.78, 5) is 8.30. The van der Waals surface area contributed by atoms with E-state index < -0.39 is 5.79 Å². The molecule has 1 N–H and O–H groups in total. The van der Waals surface area contributed by atoms with Crippen molar-refractivity contribution in [2.24, 2.45) is 0 Å². The third-order valence-corrected chi connectivity index (χ3v) is 2.73. The van der Waals surface area contributed by atoms with Gasteiger partial charge in [-0.3, -0.25) is 0 Å². The fourth-order valence-corrected chi connectivity index (χ4v) is 1.75. The monoisotopic (exact) mass is 335 g/mol. The summed E-state index contributed by atoms with van der Waals surface area (Å²) >= 11 is 2.17. The molecule has 6 heteroatoms. The topological polar surface area (TPSA) is 56.3 Å². The Morgan fingerprint density at radius 3 is 2.75 bits per heavy atom. The van der Waals surface area contributed by atoms with Gasteiger partial charge >= 0.3 is 0 Å². The van der Waals surface area contributed by atoms with Crippen LogP contribution >= 0.6 is 22.6 Å². The normalized spacial score (nSPS) is 23.3. The zero-order valence-electron chi connectivity index (χ0n) is 9.24. The van der Waals surface area contributed by atoms with Gasteiger partial charge in [0.15, 0.2) is 5.79 Å². The van der Waals surface area contributed by atoms with Crippen LogP contribution in [0, 0.1) is 3.57 Å². The summed E-state index contributed by atoms with van der Waals surface area (Å²) in [7, 11) is 0. The summed E-state index contributed by atoms with van der Waals surface area (Å²) in [6.07, 6.45) is 3.59. The van der Waals surface area contributed by atoms with Crippen molar-refractivity contribution in [3.05, 3.63) is 16.0 Å². The number of rotatable bonds is 3. The summed E-state index contributed by atoms with van der Waals surface area (Å²) in [5.74, 6) is 0.146. The van der Waals surface area contributed by atoms with Gasteiger partial charge in [0.05, 0.1) is 6.61 Å². The largest absolute Gasteiger partial charge is 0.352 e. The predicted molar refractivity (Wildman–Crippen MR) is 68.1 cm³/mol. The Morgan fingerprint density at radius 2 is 2.19 bits per heavy atom. The number of anilines is 1. The van der Waals surface area contributed by atoms with Gasteiger partial charge in [0.25, 0.3) is 0 Å². The smallest absolute Gasteiger partial charge is 0.222 e. The second-order valence-corrected chi connectivity index (χ2v) is 5.30. The molecule has 16 heavy (non-hydrogen) atoms. The van der Waals surface area contributed by atoms with Crippen LogP contribution in [0.5, 0.6) is 0 Å². The number of nitrogens with one attached hydrogen (secondary N) is 1. The van der Waals surface area contributed by atoms with E-state index >= 15 is 0 Å². The molecule has 2 heterocycles. The molecule has 1 aliphatic rings. The van der Waals surface area contributed by atoms with Crippen molar-refractivity contribution in [1.82, 2.24) is 9.97 Å². The summed E-state index contributed by atoms with van der Waals surface area (Å²) in [6.45, 7) is 5.08. The highest BCUT2D eigenvalue weighted by atomic mass is 127. The highest BCUT2D eigenvalue weighted by molar-refractivity contribution is 14.1. The van der Waals surface area contributed by atoms with Crippen molar-refractivity contribution in [3.63, 3.8) is 0 Å². The average molecular weight is 335 g/mol. The molecular weight excluding hydrogens is 321 g/mol. The molecule has 1 aromatic heterocycles. The van der Waals surface area contributed by atoms with E-state index in [0.717, 1.165) is 3.57 Å². The van der Waals surface area contributed by atoms with E-state index in [-0.39, 0.29) is 6.10 Å². The van der Waals surface area contributed by atoms with E-state index in [0.29, 0.717) is 19.1 Å². The maximum atomic E-state index is 5.65. The Bertz CT molecular complexity index is 356. The van der Waals surface area contributed by atoms with Crippen LogP contribution < -0.4 is 5.32 Å². The first kappa shape index (κ1) is 12.0. The molecule has 0 aliphatic carbocycles. The van der Waals surface area contributed by atoms with Crippen molar-refractivity contribution >= 4 is 28.5 Å². The van der Waals surface area contributed by atoms with Crippen LogP contribution in [-0.4, -0.2) is 35.0 Å². The van der Waals surface area contributed by atoms with E-state index in [4.69, 9.17) is 9.47 Å². The first-order valence-corrected chi connectivity index (χ1v) is 6.16. The summed E-state index contributed by atoms with van der Waals surface area (Å²) in [6, 6.07) is 0. The van der Waals surface area contributed by atoms with Crippen LogP contribution in [0.4, 0.5) is 5.95 Å². The molecule has 1 fully saturated rings. The Labute approximate surface area is 108 Å². The molecule has 0 amide bonds. The number of nitrogens with zero attached hydrogens (tertiary/aromatic N) is 2. The van der Waals surface area contributed by atoms with Gasteiger partial charge in [0, 0.05) is 22.5 Å². The highest BCUT2D eigenvalue weighted by Gasteiger charge is 2.32. The van der Waals surface area contributed by atoms with Crippen LogP contribution in [0.3, 0.4) is 0 Å². The maximum Gasteiger partial charge on any atom is 0.222 e. The molecule has 1 aliphatic heterocycles. The van der Waals surface area contributed by atoms with Crippen molar-refractivity contribution in [3.8, 4) is 0 Å². The summed E-state index contributed by atoms with van der Waals surface area (Å²) < 4.78 is 12.1. The second-order valence-electron chi connectivity index (χ2n) is 4.06. The third-order valence-electron chi connectivity index (χ3n) is 2.18. The van der Waals surface area contributed by atoms with Crippen LogP contribution in [0.1, 0.15) is 13.8 Å². The van der Waals surface area contributed by atoms with Crippen molar-refractivity contribution in [1.29, 1.82) is 0 Å². The SMILES string of the molecule is CC1(C)OCC(CNc2ncc(I)cn2)O1. The summed E-state index contributed by atoms with van der Waals surface area (Å²) in [5.41, 5.74) is 0. The van der Waals surface area contributed by atoms with E-state index in [9.17, 15) is 0 Å². The summed E-state index contributed by atoms with van der Waals surface area (Å²) in [5, 5.41) is 3.12. The van der Waals surface area contributed by atoms with Gasteiger partial charge < -0.3 is 14.8 Å². The third kappa shape index (κ3) is 3.26. The van der Waals surface area contributed by atoms with Gasteiger partial charge in [-0.25, -0.2) is 9.97 Å². The standard InChI is InChI=1S/C10H14IN3O2/c1-10(2)15-6-8(16-10)5-14-9-12-3-7(11)4-13-9/h3-4,8H,5-6H2,1-2H3,(H,12,13,14). The molecular formula is C10H14IN3O2. The number of halogens is 1. The van der Waals surface area contributed by atoms with Crippen LogP contribution in [0.25, 0.3) is 0 Å². The van der Waals surface area contributed by atoms with Gasteiger partial charge in [-0.05, 0) is 36.4 Å². The molecule has 0 saturated carbocycles. The lowest BCUT2D eigenvalue weighted by Crippen LogP contribution is -2.26. The average Bonchev–Trinajstić information content (AvgIpc) is 2.58. The van der Waals surface area contributed by atoms with Crippen molar-refractivity contribution in [2.45, 2.75) is 25.7 Å². The molecule has 1 aromatic rings. The molecule has 1 saturated heterocycles. The van der Waals surface area contributed by atoms with E-state index in [1.807, 2.05) is 13.8 Å². The van der Waals surface area contributed by atoms with Crippen LogP contribution in [0.2, 0.25) is 0 Å². The minimum Gasteiger partial charge on any atom is -0.352 e. The molecule has 1 atom stereocenters. The highest BCUT2D eigenvalue weighted by Crippen LogP contribution is 2.22. The van der Waals surface area contributed by atoms with Gasteiger partial charge in [-0.2, -0.15) is 0 Å². The van der Waals surface area contributed by atoms with Gasteiger partial charge in [0.2, 0.25) is 5.95 Å². The van der Waals surface area contributed by atoms with E-state index in [1.165, 1.54) is 0 Å². The molecule has 0 spiro atoms. The van der Waals surface area contributed by atoms with E-state index in [2.05, 4.69) is 37.9 Å². The van der Waals surface area contributed by atoms with Gasteiger partial charge in [-0.15, -0.1) is 0 Å². The zero-order valence-corrected chi connectivity index (χ0v) is 11.4. The fraction of sp³-hybridized carbons (Fsp3) is 0.600. The van der Waals surface area contributed by atoms with Crippen molar-refractivity contribution < 1.29 is 9.47 Å². The van der Waals surface area contributed by atoms with Crippen molar-refractivity contribution in [2.75, 3.05) is 18.5 Å². The molecule has 0 bridgehead atoms. The number of hydrogen-bond donors (Lipinski definition) is 1. The molecule has 88 valence electrons. The number of ether oxygens (including phenoxy) is 2. The minimum absolute atomic E-state index is 0.0536. The first-order chi connectivity index (χ1) is 7.55. The lowest BCUT2D eigenvalue weighted by Gasteiger charge is -2.17.